The first kappa shape index (κ1) is 20.2. The monoisotopic (exact) mass is 367 g/mol. The Bertz CT molecular complexity index is 504. The van der Waals surface area contributed by atoms with Gasteiger partial charge in [0, 0.05) is 4.91 Å². The minimum atomic E-state index is -2.19. The smallest absolute Gasteiger partial charge is 0.206 e. The molecule has 13 nitrogen and oxygen atoms in total. The minimum absolute atomic E-state index is 0.659. The van der Waals surface area contributed by atoms with E-state index in [1.165, 1.54) is 0 Å². The molecule has 2 fully saturated rings. The Morgan fingerprint density at radius 3 is 2.12 bits per heavy atom. The fraction of sp³-hybridized carbons (Fsp3) is 1.00. The molecule has 0 spiro atoms. The lowest BCUT2D eigenvalue weighted by Gasteiger charge is -2.43. The summed E-state index contributed by atoms with van der Waals surface area (Å²) in [5.74, 6) is -2.19. The molecule has 13 heteroatoms. The highest BCUT2D eigenvalue weighted by atomic mass is 16.8. The van der Waals surface area contributed by atoms with Gasteiger partial charge in [-0.1, -0.05) is 5.11 Å². The van der Waals surface area contributed by atoms with Crippen LogP contribution in [0, 0.1) is 0 Å². The van der Waals surface area contributed by atoms with E-state index in [1.54, 1.807) is 0 Å². The molecule has 0 aromatic rings. The zero-order valence-electron chi connectivity index (χ0n) is 12.9. The maximum atomic E-state index is 10.2. The molecule has 0 aliphatic carbocycles. The molecule has 25 heavy (non-hydrogen) atoms. The number of aliphatic hydroxyl groups is 7. The maximum Gasteiger partial charge on any atom is 0.206 e. The maximum absolute atomic E-state index is 10.2. The van der Waals surface area contributed by atoms with Gasteiger partial charge in [0.25, 0.3) is 0 Å². The van der Waals surface area contributed by atoms with E-state index in [4.69, 9.17) is 19.7 Å². The second-order valence-electron chi connectivity index (χ2n) is 5.79. The molecule has 0 bridgehead atoms. The zero-order chi connectivity index (χ0) is 18.8. The van der Waals surface area contributed by atoms with Crippen molar-refractivity contribution in [2.75, 3.05) is 19.8 Å². The van der Waals surface area contributed by atoms with E-state index < -0.39 is 74.6 Å². The van der Waals surface area contributed by atoms with Gasteiger partial charge in [-0.05, 0) is 5.53 Å². The number of azide groups is 1. The quantitative estimate of drug-likeness (QED) is 0.137. The van der Waals surface area contributed by atoms with Crippen LogP contribution >= 0.6 is 0 Å². The summed E-state index contributed by atoms with van der Waals surface area (Å²) in [6, 6.07) is 0. The van der Waals surface area contributed by atoms with Crippen LogP contribution in [0.25, 0.3) is 10.4 Å². The van der Waals surface area contributed by atoms with Crippen LogP contribution in [0.5, 0.6) is 0 Å². The molecular formula is C12H21N3O10. The van der Waals surface area contributed by atoms with Crippen molar-refractivity contribution in [3.63, 3.8) is 0 Å². The number of aliphatic hydroxyl groups excluding tert-OH is 7. The van der Waals surface area contributed by atoms with Gasteiger partial charge in [0.1, 0.15) is 42.7 Å². The first-order chi connectivity index (χ1) is 11.8. The molecule has 2 heterocycles. The summed E-state index contributed by atoms with van der Waals surface area (Å²) < 4.78 is 15.8. The van der Waals surface area contributed by atoms with Crippen LogP contribution in [0.4, 0.5) is 0 Å². The molecule has 144 valence electrons. The number of hydrogen-bond donors (Lipinski definition) is 7. The van der Waals surface area contributed by atoms with Gasteiger partial charge in [-0.3, -0.25) is 0 Å². The molecule has 2 aliphatic rings. The zero-order valence-corrected chi connectivity index (χ0v) is 12.9. The van der Waals surface area contributed by atoms with Crippen LogP contribution in [0.15, 0.2) is 5.11 Å². The predicted octanol–water partition coefficient (Wildman–Crippen LogP) is -4.08. The molecule has 2 rings (SSSR count). The summed E-state index contributed by atoms with van der Waals surface area (Å²) in [5.41, 5.74) is 8.50. The van der Waals surface area contributed by atoms with Crippen molar-refractivity contribution < 1.29 is 50.0 Å². The standard InChI is InChI=1S/C12H21N3O10/c13-15-14-3-12(10(22)7(19)5(2-17)24-12)25-11-9(21)8(20)6(18)4(1-16)23-11/h4-11,16-22H,1-3H2/t4-,5-,6-,7-,8+,9-,10+,11-,12+/m1/s1. The number of nitrogens with zero attached hydrogens (tertiary/aromatic N) is 3. The first-order valence-electron chi connectivity index (χ1n) is 7.45. The van der Waals surface area contributed by atoms with Gasteiger partial charge in [-0.15, -0.1) is 0 Å². The summed E-state index contributed by atoms with van der Waals surface area (Å²) in [6.45, 7) is -2.05. The third-order valence-corrected chi connectivity index (χ3v) is 4.20. The van der Waals surface area contributed by atoms with Gasteiger partial charge in [0.05, 0.1) is 19.8 Å². The van der Waals surface area contributed by atoms with Crippen molar-refractivity contribution >= 4 is 0 Å². The van der Waals surface area contributed by atoms with Crippen molar-refractivity contribution in [2.24, 2.45) is 5.11 Å². The second kappa shape index (κ2) is 8.07. The van der Waals surface area contributed by atoms with Crippen LogP contribution in [0.1, 0.15) is 0 Å². The molecule has 0 aromatic carbocycles. The molecule has 0 amide bonds. The highest BCUT2D eigenvalue weighted by molar-refractivity contribution is 4.99. The minimum Gasteiger partial charge on any atom is -0.394 e. The van der Waals surface area contributed by atoms with Crippen LogP contribution in [0.3, 0.4) is 0 Å². The first-order valence-corrected chi connectivity index (χ1v) is 7.45. The Kier molecular flexibility index (Phi) is 6.53. The summed E-state index contributed by atoms with van der Waals surface area (Å²) in [6.07, 6.45) is -12.8. The molecule has 0 aromatic heterocycles. The van der Waals surface area contributed by atoms with Crippen LogP contribution in [-0.2, 0) is 14.2 Å². The van der Waals surface area contributed by atoms with Gasteiger partial charge in [-0.2, -0.15) is 0 Å². The molecular weight excluding hydrogens is 346 g/mol. The molecule has 0 saturated carbocycles. The summed E-state index contributed by atoms with van der Waals surface area (Å²) in [4.78, 5) is 2.50. The highest BCUT2D eigenvalue weighted by Crippen LogP contribution is 2.36. The summed E-state index contributed by atoms with van der Waals surface area (Å²) in [7, 11) is 0. The van der Waals surface area contributed by atoms with Crippen molar-refractivity contribution in [3.8, 4) is 0 Å². The summed E-state index contributed by atoms with van der Waals surface area (Å²) in [5, 5.41) is 71.2. The fourth-order valence-electron chi connectivity index (χ4n) is 2.76. The van der Waals surface area contributed by atoms with Gasteiger partial charge >= 0.3 is 0 Å². The molecule has 2 saturated heterocycles. The largest absolute Gasteiger partial charge is 0.394 e. The van der Waals surface area contributed by atoms with Gasteiger partial charge in [0.15, 0.2) is 6.29 Å². The van der Waals surface area contributed by atoms with E-state index in [9.17, 15) is 35.7 Å². The molecule has 9 atom stereocenters. The Hall–Kier alpha value is -1.09. The number of rotatable bonds is 6. The lowest BCUT2D eigenvalue weighted by Crippen LogP contribution is -2.62. The summed E-state index contributed by atoms with van der Waals surface area (Å²) >= 11 is 0. The second-order valence-corrected chi connectivity index (χ2v) is 5.79. The van der Waals surface area contributed by atoms with Crippen LogP contribution in [0.2, 0.25) is 0 Å². The van der Waals surface area contributed by atoms with E-state index in [1.807, 2.05) is 0 Å². The third kappa shape index (κ3) is 3.72. The third-order valence-electron chi connectivity index (χ3n) is 4.20. The Balaban J connectivity index is 2.26. The topological polar surface area (TPSA) is 218 Å². The lowest BCUT2D eigenvalue weighted by atomic mass is 9.99. The van der Waals surface area contributed by atoms with Gasteiger partial charge in [0.2, 0.25) is 5.79 Å². The van der Waals surface area contributed by atoms with E-state index in [2.05, 4.69) is 10.0 Å². The number of ether oxygens (including phenoxy) is 3. The van der Waals surface area contributed by atoms with Crippen LogP contribution < -0.4 is 0 Å². The Labute approximate surface area is 141 Å². The van der Waals surface area contributed by atoms with Crippen molar-refractivity contribution in [1.29, 1.82) is 0 Å². The van der Waals surface area contributed by atoms with Crippen molar-refractivity contribution in [2.45, 2.75) is 54.8 Å². The predicted molar refractivity (Wildman–Crippen MR) is 75.6 cm³/mol. The van der Waals surface area contributed by atoms with E-state index in [0.717, 1.165) is 0 Å². The Morgan fingerprint density at radius 2 is 1.60 bits per heavy atom. The average molecular weight is 367 g/mol. The normalized spacial score (nSPS) is 47.5. The van der Waals surface area contributed by atoms with Crippen LogP contribution in [-0.4, -0.2) is 110 Å². The van der Waals surface area contributed by atoms with Gasteiger partial charge < -0.3 is 50.0 Å². The number of hydrogen-bond acceptors (Lipinski definition) is 11. The van der Waals surface area contributed by atoms with Crippen molar-refractivity contribution in [3.05, 3.63) is 10.4 Å². The lowest BCUT2D eigenvalue weighted by molar-refractivity contribution is -0.375. The average Bonchev–Trinajstić information content (AvgIpc) is 2.85. The fourth-order valence-corrected chi connectivity index (χ4v) is 2.76. The molecule has 0 radical (unpaired) electrons. The van der Waals surface area contributed by atoms with Gasteiger partial charge in [-0.25, -0.2) is 0 Å². The van der Waals surface area contributed by atoms with E-state index >= 15 is 0 Å². The molecule has 0 unspecified atom stereocenters. The Morgan fingerprint density at radius 1 is 0.960 bits per heavy atom. The van der Waals surface area contributed by atoms with Crippen molar-refractivity contribution in [1.82, 2.24) is 0 Å². The SMILES string of the molecule is [N-]=[N+]=NC[C@@]1(O[C@H]2O[C@H](CO)[C@@H](O)[C@H](O)[C@H]2O)O[C@H](CO)[C@@H](O)[C@@H]1O. The van der Waals surface area contributed by atoms with E-state index in [-0.39, 0.29) is 0 Å². The highest BCUT2D eigenvalue weighted by Gasteiger charge is 2.58. The van der Waals surface area contributed by atoms with E-state index in [0.29, 0.717) is 0 Å². The molecule has 7 N–H and O–H groups in total. The molecule has 2 aliphatic heterocycles.